The smallest absolute Gasteiger partial charge is 0.159 e. The van der Waals surface area contributed by atoms with E-state index in [4.69, 9.17) is 11.6 Å². The van der Waals surface area contributed by atoms with Crippen molar-refractivity contribution in [2.75, 3.05) is 0 Å². The summed E-state index contributed by atoms with van der Waals surface area (Å²) < 4.78 is 0. The molecule has 1 rings (SSSR count). The van der Waals surface area contributed by atoms with Crippen molar-refractivity contribution in [2.24, 2.45) is 0 Å². The molecule has 0 aliphatic carbocycles. The fraction of sp³-hybridized carbons (Fsp3) is 0.222. The third kappa shape index (κ3) is 2.05. The molecule has 2 heteroatoms. The highest BCUT2D eigenvalue weighted by Crippen LogP contribution is 2.06. The zero-order valence-electron chi connectivity index (χ0n) is 6.30. The zero-order valence-corrected chi connectivity index (χ0v) is 7.06. The van der Waals surface area contributed by atoms with E-state index in [1.807, 2.05) is 12.1 Å². The van der Waals surface area contributed by atoms with E-state index in [1.54, 1.807) is 19.1 Å². The maximum atomic E-state index is 10.8. The van der Waals surface area contributed by atoms with Crippen LogP contribution in [0.4, 0.5) is 0 Å². The molecule has 0 saturated heterocycles. The first-order chi connectivity index (χ1) is 5.24. The summed E-state index contributed by atoms with van der Waals surface area (Å²) >= 11 is 5.57. The van der Waals surface area contributed by atoms with Crippen LogP contribution in [0.5, 0.6) is 0 Å². The number of benzene rings is 1. The lowest BCUT2D eigenvalue weighted by atomic mass is 10.1. The van der Waals surface area contributed by atoms with Gasteiger partial charge in [0, 0.05) is 11.4 Å². The second-order valence-electron chi connectivity index (χ2n) is 2.39. The van der Waals surface area contributed by atoms with Crippen molar-refractivity contribution in [1.82, 2.24) is 0 Å². The number of rotatable bonds is 2. The molecule has 0 bridgehead atoms. The predicted octanol–water partition coefficient (Wildman–Crippen LogP) is 2.63. The van der Waals surface area contributed by atoms with Gasteiger partial charge in [0.1, 0.15) is 0 Å². The molecule has 1 aromatic rings. The summed E-state index contributed by atoms with van der Waals surface area (Å²) in [6.07, 6.45) is 0. The first-order valence-corrected chi connectivity index (χ1v) is 3.93. The Morgan fingerprint density at radius 3 is 2.27 bits per heavy atom. The molecule has 0 heterocycles. The van der Waals surface area contributed by atoms with Gasteiger partial charge in [-0.1, -0.05) is 24.3 Å². The van der Waals surface area contributed by atoms with Gasteiger partial charge in [-0.25, -0.2) is 0 Å². The minimum Gasteiger partial charge on any atom is -0.295 e. The van der Waals surface area contributed by atoms with E-state index >= 15 is 0 Å². The third-order valence-corrected chi connectivity index (χ3v) is 1.82. The number of alkyl halides is 1. The van der Waals surface area contributed by atoms with Crippen molar-refractivity contribution in [3.05, 3.63) is 35.4 Å². The lowest BCUT2D eigenvalue weighted by molar-refractivity contribution is 0.101. The summed E-state index contributed by atoms with van der Waals surface area (Å²) in [5.74, 6) is 0.587. The molecule has 1 aromatic carbocycles. The maximum absolute atomic E-state index is 10.8. The molecule has 0 aliphatic rings. The molecule has 0 saturated carbocycles. The van der Waals surface area contributed by atoms with Crippen LogP contribution in [0.2, 0.25) is 0 Å². The van der Waals surface area contributed by atoms with Crippen LogP contribution in [-0.2, 0) is 5.88 Å². The lowest BCUT2D eigenvalue weighted by Gasteiger charge is -1.96. The van der Waals surface area contributed by atoms with E-state index in [0.29, 0.717) is 5.88 Å². The quantitative estimate of drug-likeness (QED) is 0.490. The minimum atomic E-state index is 0.0890. The van der Waals surface area contributed by atoms with E-state index in [-0.39, 0.29) is 5.78 Å². The normalized spacial score (nSPS) is 9.64. The fourth-order valence-electron chi connectivity index (χ4n) is 0.829. The number of carbonyl (C=O) groups is 1. The lowest BCUT2D eigenvalue weighted by Crippen LogP contribution is -1.90. The molecule has 0 spiro atoms. The summed E-state index contributed by atoms with van der Waals surface area (Å²) in [6, 6.07) is 7.31. The molecule has 0 aromatic heterocycles. The molecule has 1 nitrogen and oxygen atoms in total. The van der Waals surface area contributed by atoms with Crippen LogP contribution < -0.4 is 0 Å². The highest BCUT2D eigenvalue weighted by atomic mass is 35.5. The highest BCUT2D eigenvalue weighted by molar-refractivity contribution is 6.17. The van der Waals surface area contributed by atoms with Gasteiger partial charge in [-0.05, 0) is 12.5 Å². The van der Waals surface area contributed by atoms with Crippen LogP contribution in [0, 0.1) is 0 Å². The monoisotopic (exact) mass is 168 g/mol. The summed E-state index contributed by atoms with van der Waals surface area (Å²) in [7, 11) is 0. The Hall–Kier alpha value is -0.820. The summed E-state index contributed by atoms with van der Waals surface area (Å²) in [4.78, 5) is 10.8. The van der Waals surface area contributed by atoms with Crippen LogP contribution in [0.25, 0.3) is 0 Å². The van der Waals surface area contributed by atoms with Crippen LogP contribution in [0.3, 0.4) is 0 Å². The molecule has 0 aliphatic heterocycles. The molecule has 0 radical (unpaired) electrons. The first-order valence-electron chi connectivity index (χ1n) is 3.40. The van der Waals surface area contributed by atoms with Gasteiger partial charge in [0.05, 0.1) is 0 Å². The topological polar surface area (TPSA) is 17.1 Å². The van der Waals surface area contributed by atoms with E-state index in [1.165, 1.54) is 0 Å². The molecule has 11 heavy (non-hydrogen) atoms. The SMILES string of the molecule is CC(=O)c1ccc(CCl)cc1. The summed E-state index contributed by atoms with van der Waals surface area (Å²) in [5, 5.41) is 0. The molecule has 0 unspecified atom stereocenters. The molecule has 0 amide bonds. The van der Waals surface area contributed by atoms with Crippen molar-refractivity contribution in [3.63, 3.8) is 0 Å². The minimum absolute atomic E-state index is 0.0890. The third-order valence-electron chi connectivity index (χ3n) is 1.51. The largest absolute Gasteiger partial charge is 0.295 e. The number of carbonyl (C=O) groups excluding carboxylic acids is 1. The van der Waals surface area contributed by atoms with Crippen LogP contribution >= 0.6 is 11.6 Å². The van der Waals surface area contributed by atoms with E-state index < -0.39 is 0 Å². The standard InChI is InChI=1S/C9H9ClO/c1-7(11)9-4-2-8(6-10)3-5-9/h2-5H,6H2,1H3. The average molecular weight is 169 g/mol. The van der Waals surface area contributed by atoms with Crippen LogP contribution in [0.1, 0.15) is 22.8 Å². The average Bonchev–Trinajstić information content (AvgIpc) is 2.05. The maximum Gasteiger partial charge on any atom is 0.159 e. The molecular weight excluding hydrogens is 160 g/mol. The number of halogens is 1. The number of hydrogen-bond donors (Lipinski definition) is 0. The van der Waals surface area contributed by atoms with Gasteiger partial charge in [0.15, 0.2) is 5.78 Å². The summed E-state index contributed by atoms with van der Waals surface area (Å²) in [6.45, 7) is 1.55. The molecule has 58 valence electrons. The zero-order chi connectivity index (χ0) is 8.27. The summed E-state index contributed by atoms with van der Waals surface area (Å²) in [5.41, 5.74) is 1.77. The van der Waals surface area contributed by atoms with Gasteiger partial charge >= 0.3 is 0 Å². The van der Waals surface area contributed by atoms with E-state index in [0.717, 1.165) is 11.1 Å². The first kappa shape index (κ1) is 8.28. The van der Waals surface area contributed by atoms with Gasteiger partial charge < -0.3 is 0 Å². The molecule has 0 fully saturated rings. The van der Waals surface area contributed by atoms with Crippen molar-refractivity contribution < 1.29 is 4.79 Å². The Morgan fingerprint density at radius 1 is 1.36 bits per heavy atom. The Morgan fingerprint density at radius 2 is 1.91 bits per heavy atom. The van der Waals surface area contributed by atoms with E-state index in [9.17, 15) is 4.79 Å². The second kappa shape index (κ2) is 3.54. The number of Topliss-reactive ketones (excluding diaryl/α,β-unsaturated/α-hetero) is 1. The predicted molar refractivity (Wildman–Crippen MR) is 46.0 cm³/mol. The molecular formula is C9H9ClO. The molecule has 0 N–H and O–H groups in total. The van der Waals surface area contributed by atoms with Gasteiger partial charge in [-0.15, -0.1) is 11.6 Å². The van der Waals surface area contributed by atoms with Crippen LogP contribution in [-0.4, -0.2) is 5.78 Å². The van der Waals surface area contributed by atoms with E-state index in [2.05, 4.69) is 0 Å². The molecule has 0 atom stereocenters. The number of ketones is 1. The van der Waals surface area contributed by atoms with Gasteiger partial charge in [0.25, 0.3) is 0 Å². The van der Waals surface area contributed by atoms with Gasteiger partial charge in [0.2, 0.25) is 0 Å². The Kier molecular flexibility index (Phi) is 2.66. The fourth-order valence-corrected chi connectivity index (χ4v) is 1.01. The van der Waals surface area contributed by atoms with Crippen LogP contribution in [0.15, 0.2) is 24.3 Å². The van der Waals surface area contributed by atoms with Crippen molar-refractivity contribution >= 4 is 17.4 Å². The highest BCUT2D eigenvalue weighted by Gasteiger charge is 1.96. The van der Waals surface area contributed by atoms with Crippen molar-refractivity contribution in [1.29, 1.82) is 0 Å². The Labute approximate surface area is 71.0 Å². The van der Waals surface area contributed by atoms with Crippen molar-refractivity contribution in [3.8, 4) is 0 Å². The van der Waals surface area contributed by atoms with Gasteiger partial charge in [-0.3, -0.25) is 4.79 Å². The Balaban J connectivity index is 2.91. The van der Waals surface area contributed by atoms with Gasteiger partial charge in [-0.2, -0.15) is 0 Å². The van der Waals surface area contributed by atoms with Crippen molar-refractivity contribution in [2.45, 2.75) is 12.8 Å². The number of hydrogen-bond acceptors (Lipinski definition) is 1. The Bertz CT molecular complexity index is 251. The second-order valence-corrected chi connectivity index (χ2v) is 2.65.